The van der Waals surface area contributed by atoms with Crippen LogP contribution in [0.5, 0.6) is 0 Å². The molecule has 2 saturated heterocycles. The first-order chi connectivity index (χ1) is 14.0. The van der Waals surface area contributed by atoms with Crippen LogP contribution in [0.1, 0.15) is 54.4 Å². The average Bonchev–Trinajstić information content (AvgIpc) is 3.34. The maximum Gasteiger partial charge on any atom is 0.272 e. The van der Waals surface area contributed by atoms with E-state index in [-0.39, 0.29) is 5.91 Å². The zero-order valence-electron chi connectivity index (χ0n) is 17.8. The summed E-state index contributed by atoms with van der Waals surface area (Å²) >= 11 is 0. The van der Waals surface area contributed by atoms with Crippen LogP contribution in [0.3, 0.4) is 0 Å². The molecule has 156 valence electrons. The molecule has 2 fully saturated rings. The van der Waals surface area contributed by atoms with Gasteiger partial charge in [0.15, 0.2) is 0 Å². The van der Waals surface area contributed by atoms with E-state index < -0.39 is 0 Å². The third-order valence-corrected chi connectivity index (χ3v) is 6.27. The highest BCUT2D eigenvalue weighted by atomic mass is 16.2. The summed E-state index contributed by atoms with van der Waals surface area (Å²) in [6.45, 7) is 6.91. The van der Waals surface area contributed by atoms with Gasteiger partial charge in [-0.25, -0.2) is 0 Å². The van der Waals surface area contributed by atoms with Gasteiger partial charge in [-0.15, -0.1) is 0 Å². The van der Waals surface area contributed by atoms with Gasteiger partial charge >= 0.3 is 0 Å². The van der Waals surface area contributed by atoms with Gasteiger partial charge < -0.3 is 4.90 Å². The lowest BCUT2D eigenvalue weighted by Gasteiger charge is -2.37. The number of likely N-dealkylation sites (tertiary alicyclic amines) is 1. The third-order valence-electron chi connectivity index (χ3n) is 6.27. The molecular formula is C23H33N5O. The number of aryl methyl sites for hydroxylation is 1. The molecular weight excluding hydrogens is 362 g/mol. The lowest BCUT2D eigenvalue weighted by molar-refractivity contribution is 0.0633. The lowest BCUT2D eigenvalue weighted by atomic mass is 9.81. The minimum absolute atomic E-state index is 0.113. The van der Waals surface area contributed by atoms with Gasteiger partial charge in [0, 0.05) is 38.6 Å². The SMILES string of the molecule is CC(C)Cc1cc(C(=O)N2CCCC(C3NNCC3c3ccccc3)C2)n(C)n1. The predicted molar refractivity (Wildman–Crippen MR) is 114 cm³/mol. The zero-order chi connectivity index (χ0) is 20.4. The van der Waals surface area contributed by atoms with Crippen LogP contribution >= 0.6 is 0 Å². The van der Waals surface area contributed by atoms with E-state index in [1.54, 1.807) is 4.68 Å². The van der Waals surface area contributed by atoms with E-state index >= 15 is 0 Å². The third kappa shape index (κ3) is 4.38. The zero-order valence-corrected chi connectivity index (χ0v) is 17.8. The number of benzene rings is 1. The molecule has 4 rings (SSSR count). The highest BCUT2D eigenvalue weighted by molar-refractivity contribution is 5.92. The quantitative estimate of drug-likeness (QED) is 0.817. The van der Waals surface area contributed by atoms with Crippen LogP contribution in [0, 0.1) is 11.8 Å². The normalized spacial score (nSPS) is 25.0. The molecule has 3 unspecified atom stereocenters. The van der Waals surface area contributed by atoms with Crippen LogP contribution in [0.4, 0.5) is 0 Å². The van der Waals surface area contributed by atoms with Crippen LogP contribution < -0.4 is 10.9 Å². The minimum Gasteiger partial charge on any atom is -0.337 e. The fourth-order valence-electron chi connectivity index (χ4n) is 4.88. The van der Waals surface area contributed by atoms with Gasteiger partial charge in [0.1, 0.15) is 5.69 Å². The van der Waals surface area contributed by atoms with Crippen molar-refractivity contribution in [2.45, 2.75) is 45.1 Å². The number of amides is 1. The number of hydrazine groups is 1. The second-order valence-corrected chi connectivity index (χ2v) is 8.96. The number of hydrogen-bond donors (Lipinski definition) is 2. The summed E-state index contributed by atoms with van der Waals surface area (Å²) in [7, 11) is 1.88. The van der Waals surface area contributed by atoms with Crippen molar-refractivity contribution in [3.63, 3.8) is 0 Å². The molecule has 0 bridgehead atoms. The number of nitrogens with one attached hydrogen (secondary N) is 2. The summed E-state index contributed by atoms with van der Waals surface area (Å²) in [4.78, 5) is 15.3. The van der Waals surface area contributed by atoms with Gasteiger partial charge in [-0.3, -0.25) is 20.3 Å². The highest BCUT2D eigenvalue weighted by Crippen LogP contribution is 2.32. The molecule has 0 spiro atoms. The van der Waals surface area contributed by atoms with Gasteiger partial charge in [-0.1, -0.05) is 44.2 Å². The summed E-state index contributed by atoms with van der Waals surface area (Å²) in [6, 6.07) is 13.0. The molecule has 2 N–H and O–H groups in total. The Hall–Kier alpha value is -2.18. The molecule has 3 heterocycles. The first-order valence-corrected chi connectivity index (χ1v) is 10.9. The molecule has 1 aromatic carbocycles. The van der Waals surface area contributed by atoms with Crippen molar-refractivity contribution in [2.75, 3.05) is 19.6 Å². The summed E-state index contributed by atoms with van der Waals surface area (Å²) in [5.74, 6) is 1.52. The van der Waals surface area contributed by atoms with E-state index in [0.717, 1.165) is 44.6 Å². The second-order valence-electron chi connectivity index (χ2n) is 8.96. The Bertz CT molecular complexity index is 831. The van der Waals surface area contributed by atoms with Crippen molar-refractivity contribution in [3.05, 3.63) is 53.3 Å². The van der Waals surface area contributed by atoms with E-state index in [2.05, 4.69) is 60.1 Å². The largest absolute Gasteiger partial charge is 0.337 e. The van der Waals surface area contributed by atoms with Crippen LogP contribution in [0.15, 0.2) is 36.4 Å². The van der Waals surface area contributed by atoms with Gasteiger partial charge in [-0.05, 0) is 42.7 Å². The maximum absolute atomic E-state index is 13.3. The first-order valence-electron chi connectivity index (χ1n) is 10.9. The summed E-state index contributed by atoms with van der Waals surface area (Å²) < 4.78 is 1.76. The first kappa shape index (κ1) is 20.1. The average molecular weight is 396 g/mol. The van der Waals surface area contributed by atoms with Crippen molar-refractivity contribution < 1.29 is 4.79 Å². The molecule has 1 amide bonds. The van der Waals surface area contributed by atoms with Crippen molar-refractivity contribution in [1.82, 2.24) is 25.5 Å². The monoisotopic (exact) mass is 395 g/mol. The molecule has 6 nitrogen and oxygen atoms in total. The topological polar surface area (TPSA) is 62.2 Å². The summed E-state index contributed by atoms with van der Waals surface area (Å²) in [5.41, 5.74) is 9.94. The Morgan fingerprint density at radius 3 is 2.83 bits per heavy atom. The van der Waals surface area contributed by atoms with Crippen molar-refractivity contribution in [2.24, 2.45) is 18.9 Å². The Labute approximate surface area is 173 Å². The van der Waals surface area contributed by atoms with E-state index in [4.69, 9.17) is 0 Å². The second kappa shape index (κ2) is 8.67. The molecule has 29 heavy (non-hydrogen) atoms. The number of piperidine rings is 1. The molecule has 2 aliphatic heterocycles. The fourth-order valence-corrected chi connectivity index (χ4v) is 4.88. The van der Waals surface area contributed by atoms with Crippen LogP contribution in [0.2, 0.25) is 0 Å². The predicted octanol–water partition coefficient (Wildman–Crippen LogP) is 2.73. The Morgan fingerprint density at radius 1 is 1.28 bits per heavy atom. The van der Waals surface area contributed by atoms with E-state index in [0.29, 0.717) is 29.5 Å². The van der Waals surface area contributed by atoms with Crippen molar-refractivity contribution in [3.8, 4) is 0 Å². The fraction of sp³-hybridized carbons (Fsp3) is 0.565. The Balaban J connectivity index is 1.47. The Morgan fingerprint density at radius 2 is 2.07 bits per heavy atom. The number of hydrogen-bond acceptors (Lipinski definition) is 4. The van der Waals surface area contributed by atoms with Crippen LogP contribution in [-0.2, 0) is 13.5 Å². The van der Waals surface area contributed by atoms with Crippen molar-refractivity contribution >= 4 is 5.91 Å². The molecule has 0 radical (unpaired) electrons. The molecule has 6 heteroatoms. The number of carbonyl (C=O) groups excluding carboxylic acids is 1. The Kier molecular flexibility index (Phi) is 6.01. The number of nitrogens with zero attached hydrogens (tertiary/aromatic N) is 3. The van der Waals surface area contributed by atoms with Crippen LogP contribution in [-0.4, -0.2) is 46.3 Å². The smallest absolute Gasteiger partial charge is 0.272 e. The number of carbonyl (C=O) groups is 1. The number of aromatic nitrogens is 2. The van der Waals surface area contributed by atoms with Crippen LogP contribution in [0.25, 0.3) is 0 Å². The van der Waals surface area contributed by atoms with E-state index in [1.165, 1.54) is 5.56 Å². The minimum atomic E-state index is 0.113. The summed E-state index contributed by atoms with van der Waals surface area (Å²) in [5, 5.41) is 4.56. The standard InChI is InChI=1S/C23H33N5O/c1-16(2)12-19-13-21(27(3)26-19)23(29)28-11-7-10-18(15-28)22-20(14-24-25-22)17-8-5-4-6-9-17/h4-6,8-9,13,16,18,20,22,24-25H,7,10-12,14-15H2,1-3H3. The molecule has 2 aliphatic rings. The van der Waals surface area contributed by atoms with Gasteiger partial charge in [-0.2, -0.15) is 5.10 Å². The van der Waals surface area contributed by atoms with Gasteiger partial charge in [0.2, 0.25) is 0 Å². The maximum atomic E-state index is 13.3. The van der Waals surface area contributed by atoms with E-state index in [1.807, 2.05) is 18.0 Å². The molecule has 1 aromatic heterocycles. The summed E-state index contributed by atoms with van der Waals surface area (Å²) in [6.07, 6.45) is 3.10. The van der Waals surface area contributed by atoms with Crippen molar-refractivity contribution in [1.29, 1.82) is 0 Å². The lowest BCUT2D eigenvalue weighted by Crippen LogP contribution is -2.48. The highest BCUT2D eigenvalue weighted by Gasteiger charge is 2.38. The van der Waals surface area contributed by atoms with Gasteiger partial charge in [0.25, 0.3) is 5.91 Å². The molecule has 0 aliphatic carbocycles. The van der Waals surface area contributed by atoms with Gasteiger partial charge in [0.05, 0.1) is 5.69 Å². The number of rotatable bonds is 5. The molecule has 0 saturated carbocycles. The molecule has 3 atom stereocenters. The van der Waals surface area contributed by atoms with E-state index in [9.17, 15) is 4.79 Å². The molecule has 2 aromatic rings.